The standard InChI is InChI=1S/C13H14N4S/c1-9-6-12(16-15-8-9)17(2)11-5-3-4-10(7-11)13(14)18/h3-8H,1-2H3,(H2,14,18). The van der Waals surface area contributed by atoms with Gasteiger partial charge in [-0.2, -0.15) is 5.10 Å². The lowest BCUT2D eigenvalue weighted by Gasteiger charge is -2.18. The van der Waals surface area contributed by atoms with E-state index < -0.39 is 0 Å². The maximum absolute atomic E-state index is 5.63. The Hall–Kier alpha value is -2.01. The van der Waals surface area contributed by atoms with Crippen LogP contribution in [0.3, 0.4) is 0 Å². The van der Waals surface area contributed by atoms with Gasteiger partial charge in [-0.15, -0.1) is 5.10 Å². The van der Waals surface area contributed by atoms with E-state index in [1.807, 2.05) is 49.2 Å². The van der Waals surface area contributed by atoms with Crippen LogP contribution in [-0.2, 0) is 0 Å². The first kappa shape index (κ1) is 12.4. The molecular formula is C13H14N4S. The van der Waals surface area contributed by atoms with Crippen molar-refractivity contribution in [2.45, 2.75) is 6.92 Å². The molecule has 4 nitrogen and oxygen atoms in total. The lowest BCUT2D eigenvalue weighted by molar-refractivity contribution is 0.975. The van der Waals surface area contributed by atoms with Gasteiger partial charge in [-0.05, 0) is 30.7 Å². The van der Waals surface area contributed by atoms with Gasteiger partial charge in [0.1, 0.15) is 4.99 Å². The number of aryl methyl sites for hydroxylation is 1. The minimum Gasteiger partial charge on any atom is -0.389 e. The largest absolute Gasteiger partial charge is 0.389 e. The molecule has 0 aliphatic carbocycles. The van der Waals surface area contributed by atoms with Crippen LogP contribution < -0.4 is 10.6 Å². The molecule has 0 amide bonds. The highest BCUT2D eigenvalue weighted by molar-refractivity contribution is 7.80. The maximum atomic E-state index is 5.63. The third-order valence-corrected chi connectivity index (χ3v) is 2.88. The Labute approximate surface area is 111 Å². The quantitative estimate of drug-likeness (QED) is 0.855. The Morgan fingerprint density at radius 3 is 2.78 bits per heavy atom. The topological polar surface area (TPSA) is 55.0 Å². The van der Waals surface area contributed by atoms with Crippen molar-refractivity contribution < 1.29 is 0 Å². The monoisotopic (exact) mass is 258 g/mol. The molecule has 0 radical (unpaired) electrons. The van der Waals surface area contributed by atoms with Crippen LogP contribution in [0.15, 0.2) is 36.5 Å². The van der Waals surface area contributed by atoms with Crippen molar-refractivity contribution in [1.82, 2.24) is 10.2 Å². The lowest BCUT2D eigenvalue weighted by Crippen LogP contribution is -2.14. The van der Waals surface area contributed by atoms with Crippen LogP contribution in [0.1, 0.15) is 11.1 Å². The van der Waals surface area contributed by atoms with Gasteiger partial charge in [0, 0.05) is 18.3 Å². The van der Waals surface area contributed by atoms with Crippen molar-refractivity contribution >= 4 is 28.7 Å². The SMILES string of the molecule is Cc1cnnc(N(C)c2cccc(C(N)=S)c2)c1. The number of rotatable bonds is 3. The Morgan fingerprint density at radius 2 is 2.11 bits per heavy atom. The van der Waals surface area contributed by atoms with Crippen LogP contribution in [0.4, 0.5) is 11.5 Å². The van der Waals surface area contributed by atoms with E-state index in [9.17, 15) is 0 Å². The molecule has 2 N–H and O–H groups in total. The Balaban J connectivity index is 2.36. The normalized spacial score (nSPS) is 10.1. The first-order valence-electron chi connectivity index (χ1n) is 5.51. The molecule has 1 aromatic carbocycles. The summed E-state index contributed by atoms with van der Waals surface area (Å²) in [6.07, 6.45) is 1.72. The van der Waals surface area contributed by atoms with Gasteiger partial charge >= 0.3 is 0 Å². The molecule has 0 unspecified atom stereocenters. The van der Waals surface area contributed by atoms with E-state index in [1.54, 1.807) is 6.20 Å². The van der Waals surface area contributed by atoms with Crippen LogP contribution in [0, 0.1) is 6.92 Å². The molecule has 0 aliphatic heterocycles. The van der Waals surface area contributed by atoms with Crippen molar-refractivity contribution in [3.05, 3.63) is 47.7 Å². The van der Waals surface area contributed by atoms with E-state index in [4.69, 9.17) is 18.0 Å². The smallest absolute Gasteiger partial charge is 0.155 e. The molecule has 0 fully saturated rings. The van der Waals surface area contributed by atoms with Gasteiger partial charge in [0.05, 0.1) is 6.20 Å². The summed E-state index contributed by atoms with van der Waals surface area (Å²) in [5.41, 5.74) is 8.51. The Morgan fingerprint density at radius 1 is 1.33 bits per heavy atom. The van der Waals surface area contributed by atoms with Crippen molar-refractivity contribution in [2.75, 3.05) is 11.9 Å². The van der Waals surface area contributed by atoms with Crippen LogP contribution in [-0.4, -0.2) is 22.2 Å². The number of benzene rings is 1. The third-order valence-electron chi connectivity index (χ3n) is 2.64. The van der Waals surface area contributed by atoms with Gasteiger partial charge in [0.25, 0.3) is 0 Å². The third kappa shape index (κ3) is 2.62. The van der Waals surface area contributed by atoms with E-state index in [0.29, 0.717) is 4.99 Å². The second-order valence-electron chi connectivity index (χ2n) is 4.06. The first-order chi connectivity index (χ1) is 8.58. The molecule has 2 aromatic rings. The molecule has 1 aromatic heterocycles. The van der Waals surface area contributed by atoms with Gasteiger partial charge in [-0.3, -0.25) is 0 Å². The highest BCUT2D eigenvalue weighted by Crippen LogP contribution is 2.22. The number of thiocarbonyl (C=S) groups is 1. The van der Waals surface area contributed by atoms with Crippen LogP contribution in [0.5, 0.6) is 0 Å². The zero-order valence-electron chi connectivity index (χ0n) is 10.3. The molecule has 0 aliphatic rings. The van der Waals surface area contributed by atoms with Crippen LogP contribution >= 0.6 is 12.2 Å². The summed E-state index contributed by atoms with van der Waals surface area (Å²) < 4.78 is 0. The highest BCUT2D eigenvalue weighted by atomic mass is 32.1. The summed E-state index contributed by atoms with van der Waals surface area (Å²) in [6.45, 7) is 1.98. The fourth-order valence-corrected chi connectivity index (χ4v) is 1.74. The lowest BCUT2D eigenvalue weighted by atomic mass is 10.2. The van der Waals surface area contributed by atoms with Gasteiger partial charge in [0.2, 0.25) is 0 Å². The van der Waals surface area contributed by atoms with Crippen molar-refractivity contribution in [3.8, 4) is 0 Å². The molecule has 1 heterocycles. The number of hydrogen-bond acceptors (Lipinski definition) is 4. The number of nitrogens with zero attached hydrogens (tertiary/aromatic N) is 3. The van der Waals surface area contributed by atoms with Gasteiger partial charge in [-0.1, -0.05) is 24.4 Å². The fraction of sp³-hybridized carbons (Fsp3) is 0.154. The van der Waals surface area contributed by atoms with Crippen molar-refractivity contribution in [1.29, 1.82) is 0 Å². The zero-order valence-corrected chi connectivity index (χ0v) is 11.1. The van der Waals surface area contributed by atoms with Crippen LogP contribution in [0.25, 0.3) is 0 Å². The molecule has 0 saturated carbocycles. The molecule has 18 heavy (non-hydrogen) atoms. The summed E-state index contributed by atoms with van der Waals surface area (Å²) in [6, 6.07) is 9.70. The molecule has 0 bridgehead atoms. The number of anilines is 2. The fourth-order valence-electron chi connectivity index (χ4n) is 1.61. The van der Waals surface area contributed by atoms with E-state index >= 15 is 0 Å². The number of nitrogens with two attached hydrogens (primary N) is 1. The molecule has 5 heteroatoms. The first-order valence-corrected chi connectivity index (χ1v) is 5.91. The number of aromatic nitrogens is 2. The Kier molecular flexibility index (Phi) is 3.53. The van der Waals surface area contributed by atoms with Crippen molar-refractivity contribution in [2.24, 2.45) is 5.73 Å². The number of hydrogen-bond donors (Lipinski definition) is 1. The van der Waals surface area contributed by atoms with Crippen LogP contribution in [0.2, 0.25) is 0 Å². The zero-order chi connectivity index (χ0) is 13.1. The summed E-state index contributed by atoms with van der Waals surface area (Å²) in [5, 5.41) is 8.05. The minimum atomic E-state index is 0.389. The predicted molar refractivity (Wildman–Crippen MR) is 77.2 cm³/mol. The summed E-state index contributed by atoms with van der Waals surface area (Å²) >= 11 is 4.98. The van der Waals surface area contributed by atoms with E-state index in [-0.39, 0.29) is 0 Å². The van der Waals surface area contributed by atoms with Gasteiger partial charge < -0.3 is 10.6 Å². The average molecular weight is 258 g/mol. The second kappa shape index (κ2) is 5.10. The van der Waals surface area contributed by atoms with Gasteiger partial charge in [0.15, 0.2) is 5.82 Å². The molecule has 0 atom stereocenters. The summed E-state index contributed by atoms with van der Waals surface area (Å²) in [4.78, 5) is 2.34. The molecule has 2 rings (SSSR count). The highest BCUT2D eigenvalue weighted by Gasteiger charge is 2.07. The summed E-state index contributed by atoms with van der Waals surface area (Å²) in [5.74, 6) is 0.787. The Bertz CT molecular complexity index is 583. The molecule has 0 spiro atoms. The summed E-state index contributed by atoms with van der Waals surface area (Å²) in [7, 11) is 1.93. The van der Waals surface area contributed by atoms with Gasteiger partial charge in [-0.25, -0.2) is 0 Å². The van der Waals surface area contributed by atoms with E-state index in [1.165, 1.54) is 0 Å². The second-order valence-corrected chi connectivity index (χ2v) is 4.50. The van der Waals surface area contributed by atoms with Crippen molar-refractivity contribution in [3.63, 3.8) is 0 Å². The minimum absolute atomic E-state index is 0.389. The maximum Gasteiger partial charge on any atom is 0.155 e. The molecular weight excluding hydrogens is 244 g/mol. The van der Waals surface area contributed by atoms with E-state index in [2.05, 4.69) is 10.2 Å². The average Bonchev–Trinajstić information content (AvgIpc) is 2.38. The predicted octanol–water partition coefficient (Wildman–Crippen LogP) is 2.19. The molecule has 0 saturated heterocycles. The molecule has 92 valence electrons. The van der Waals surface area contributed by atoms with E-state index in [0.717, 1.165) is 22.6 Å².